The van der Waals surface area contributed by atoms with Gasteiger partial charge in [0.25, 0.3) is 0 Å². The summed E-state index contributed by atoms with van der Waals surface area (Å²) in [4.78, 5) is 27.5. The summed E-state index contributed by atoms with van der Waals surface area (Å²) in [7, 11) is 0. The van der Waals surface area contributed by atoms with Gasteiger partial charge in [0, 0.05) is 19.1 Å². The first-order chi connectivity index (χ1) is 9.45. The van der Waals surface area contributed by atoms with Crippen LogP contribution in [0.25, 0.3) is 0 Å². The Bertz CT molecular complexity index is 387. The van der Waals surface area contributed by atoms with Crippen molar-refractivity contribution in [2.75, 3.05) is 26.3 Å². The van der Waals surface area contributed by atoms with E-state index in [1.807, 2.05) is 11.8 Å². The van der Waals surface area contributed by atoms with Crippen LogP contribution in [0.1, 0.15) is 27.2 Å². The normalized spacial score (nSPS) is 33.5. The van der Waals surface area contributed by atoms with E-state index in [1.54, 1.807) is 4.90 Å². The smallest absolute Gasteiger partial charge is 0.320 e. The number of carboxylic acids is 1. The zero-order chi connectivity index (χ0) is 14.9. The zero-order valence-electron chi connectivity index (χ0n) is 12.4. The average Bonchev–Trinajstić information content (AvgIpc) is 2.97. The number of carbonyl (C=O) groups is 2. The number of carbonyl (C=O) groups excluding carboxylic acids is 1. The molecule has 2 fully saturated rings. The highest BCUT2D eigenvalue weighted by Gasteiger charge is 2.42. The third-order valence-electron chi connectivity index (χ3n) is 4.38. The maximum atomic E-state index is 12.7. The fourth-order valence-corrected chi connectivity index (χ4v) is 3.33. The molecular formula is C14H24N2O4. The summed E-state index contributed by atoms with van der Waals surface area (Å²) in [6, 6.07) is -0.184. The van der Waals surface area contributed by atoms with Gasteiger partial charge in [0.2, 0.25) is 0 Å². The van der Waals surface area contributed by atoms with Crippen molar-refractivity contribution in [1.82, 2.24) is 9.80 Å². The fourth-order valence-electron chi connectivity index (χ4n) is 3.33. The van der Waals surface area contributed by atoms with Crippen LogP contribution in [0.15, 0.2) is 0 Å². The number of hydrogen-bond donors (Lipinski definition) is 1. The van der Waals surface area contributed by atoms with Crippen LogP contribution in [-0.4, -0.2) is 65.3 Å². The van der Waals surface area contributed by atoms with E-state index in [9.17, 15) is 14.7 Å². The number of nitrogens with zero attached hydrogens (tertiary/aromatic N) is 2. The van der Waals surface area contributed by atoms with E-state index in [1.165, 1.54) is 0 Å². The van der Waals surface area contributed by atoms with E-state index in [0.29, 0.717) is 19.1 Å². The lowest BCUT2D eigenvalue weighted by molar-refractivity contribution is -0.142. The molecule has 0 aromatic carbocycles. The minimum Gasteiger partial charge on any atom is -0.481 e. The molecule has 2 aliphatic rings. The topological polar surface area (TPSA) is 70.1 Å². The number of hydrogen-bond acceptors (Lipinski definition) is 3. The SMILES string of the molecule is CCN(C(=O)N1CC(C)CC1C)C1COCC1C(=O)O. The predicted octanol–water partition coefficient (Wildman–Crippen LogP) is 1.26. The largest absolute Gasteiger partial charge is 0.481 e. The van der Waals surface area contributed by atoms with Crippen LogP contribution in [0, 0.1) is 11.8 Å². The molecule has 114 valence electrons. The number of carboxylic acid groups (broad SMARTS) is 1. The standard InChI is InChI=1S/C14H24N2O4/c1-4-15(12-8-20-7-11(12)13(17)18)14(19)16-6-9(2)5-10(16)3/h9-12H,4-8H2,1-3H3,(H,17,18). The maximum Gasteiger partial charge on any atom is 0.320 e. The molecule has 0 radical (unpaired) electrons. The molecule has 0 saturated carbocycles. The van der Waals surface area contributed by atoms with Crippen molar-refractivity contribution >= 4 is 12.0 Å². The van der Waals surface area contributed by atoms with E-state index in [2.05, 4.69) is 13.8 Å². The summed E-state index contributed by atoms with van der Waals surface area (Å²) < 4.78 is 5.28. The molecule has 0 aliphatic carbocycles. The lowest BCUT2D eigenvalue weighted by atomic mass is 10.0. The Kier molecular flexibility index (Phi) is 4.52. The molecule has 4 unspecified atom stereocenters. The average molecular weight is 284 g/mol. The highest BCUT2D eigenvalue weighted by atomic mass is 16.5. The quantitative estimate of drug-likeness (QED) is 0.847. The van der Waals surface area contributed by atoms with Crippen molar-refractivity contribution < 1.29 is 19.4 Å². The van der Waals surface area contributed by atoms with Crippen LogP contribution in [-0.2, 0) is 9.53 Å². The molecule has 0 aromatic heterocycles. The highest BCUT2D eigenvalue weighted by Crippen LogP contribution is 2.27. The van der Waals surface area contributed by atoms with E-state index >= 15 is 0 Å². The van der Waals surface area contributed by atoms with Crippen LogP contribution in [0.5, 0.6) is 0 Å². The monoisotopic (exact) mass is 284 g/mol. The molecule has 2 saturated heterocycles. The Balaban J connectivity index is 2.11. The fraction of sp³-hybridized carbons (Fsp3) is 0.857. The number of likely N-dealkylation sites (N-methyl/N-ethyl adjacent to an activating group) is 1. The second-order valence-corrected chi connectivity index (χ2v) is 5.96. The summed E-state index contributed by atoms with van der Waals surface area (Å²) in [5, 5.41) is 9.24. The third-order valence-corrected chi connectivity index (χ3v) is 4.38. The predicted molar refractivity (Wildman–Crippen MR) is 73.5 cm³/mol. The third kappa shape index (κ3) is 2.75. The van der Waals surface area contributed by atoms with Crippen molar-refractivity contribution in [3.63, 3.8) is 0 Å². The van der Waals surface area contributed by atoms with Gasteiger partial charge in [-0.2, -0.15) is 0 Å². The molecular weight excluding hydrogens is 260 g/mol. The number of likely N-dealkylation sites (tertiary alicyclic amines) is 1. The Morgan fingerprint density at radius 2 is 2.05 bits per heavy atom. The summed E-state index contributed by atoms with van der Waals surface area (Å²) in [6.45, 7) is 7.84. The molecule has 0 bridgehead atoms. The molecule has 0 aromatic rings. The molecule has 6 heteroatoms. The van der Waals surface area contributed by atoms with Gasteiger partial charge in [-0.1, -0.05) is 6.92 Å². The molecule has 4 atom stereocenters. The Morgan fingerprint density at radius 1 is 1.35 bits per heavy atom. The second kappa shape index (κ2) is 5.99. The second-order valence-electron chi connectivity index (χ2n) is 5.96. The van der Waals surface area contributed by atoms with Crippen molar-refractivity contribution in [2.24, 2.45) is 11.8 Å². The van der Waals surface area contributed by atoms with E-state index in [0.717, 1.165) is 13.0 Å². The molecule has 1 N–H and O–H groups in total. The van der Waals surface area contributed by atoms with Crippen molar-refractivity contribution in [3.8, 4) is 0 Å². The number of amides is 2. The molecule has 6 nitrogen and oxygen atoms in total. The molecule has 2 aliphatic heterocycles. The zero-order valence-corrected chi connectivity index (χ0v) is 12.4. The number of aliphatic carboxylic acids is 1. The van der Waals surface area contributed by atoms with Crippen molar-refractivity contribution in [2.45, 2.75) is 39.3 Å². The minimum atomic E-state index is -0.887. The Morgan fingerprint density at radius 3 is 2.55 bits per heavy atom. The van der Waals surface area contributed by atoms with Gasteiger partial charge in [0.1, 0.15) is 5.92 Å². The molecule has 2 rings (SSSR count). The van der Waals surface area contributed by atoms with E-state index in [-0.39, 0.29) is 24.7 Å². The van der Waals surface area contributed by atoms with Gasteiger partial charge < -0.3 is 19.6 Å². The first-order valence-electron chi connectivity index (χ1n) is 7.33. The molecule has 2 amide bonds. The van der Waals surface area contributed by atoms with Gasteiger partial charge in [-0.3, -0.25) is 4.79 Å². The lowest BCUT2D eigenvalue weighted by Crippen LogP contribution is -2.52. The van der Waals surface area contributed by atoms with E-state index < -0.39 is 11.9 Å². The number of ether oxygens (including phenoxy) is 1. The first kappa shape index (κ1) is 15.1. The van der Waals surface area contributed by atoms with Crippen LogP contribution in [0.4, 0.5) is 4.79 Å². The lowest BCUT2D eigenvalue weighted by Gasteiger charge is -2.34. The van der Waals surface area contributed by atoms with Crippen molar-refractivity contribution in [3.05, 3.63) is 0 Å². The van der Waals surface area contributed by atoms with Gasteiger partial charge in [0.15, 0.2) is 0 Å². The van der Waals surface area contributed by atoms with Crippen LogP contribution >= 0.6 is 0 Å². The molecule has 2 heterocycles. The summed E-state index contributed by atoms with van der Waals surface area (Å²) in [5.74, 6) is -1.00. The van der Waals surface area contributed by atoms with Gasteiger partial charge in [-0.15, -0.1) is 0 Å². The number of urea groups is 1. The van der Waals surface area contributed by atoms with Gasteiger partial charge in [0.05, 0.1) is 19.3 Å². The van der Waals surface area contributed by atoms with Crippen LogP contribution in [0.3, 0.4) is 0 Å². The maximum absolute atomic E-state index is 12.7. The van der Waals surface area contributed by atoms with Crippen LogP contribution < -0.4 is 0 Å². The first-order valence-corrected chi connectivity index (χ1v) is 7.33. The summed E-state index contributed by atoms with van der Waals surface area (Å²) in [6.07, 6.45) is 1.01. The molecule has 0 spiro atoms. The molecule has 20 heavy (non-hydrogen) atoms. The Labute approximate surface area is 119 Å². The van der Waals surface area contributed by atoms with Gasteiger partial charge in [-0.05, 0) is 26.2 Å². The number of rotatable bonds is 3. The van der Waals surface area contributed by atoms with Gasteiger partial charge in [-0.25, -0.2) is 4.79 Å². The Hall–Kier alpha value is -1.30. The van der Waals surface area contributed by atoms with Crippen molar-refractivity contribution in [1.29, 1.82) is 0 Å². The minimum absolute atomic E-state index is 0.0499. The van der Waals surface area contributed by atoms with Crippen LogP contribution in [0.2, 0.25) is 0 Å². The highest BCUT2D eigenvalue weighted by molar-refractivity contribution is 5.78. The summed E-state index contributed by atoms with van der Waals surface area (Å²) >= 11 is 0. The summed E-state index contributed by atoms with van der Waals surface area (Å²) in [5.41, 5.74) is 0. The van der Waals surface area contributed by atoms with E-state index in [4.69, 9.17) is 4.74 Å². The van der Waals surface area contributed by atoms with Gasteiger partial charge >= 0.3 is 12.0 Å².